The minimum absolute atomic E-state index is 0.0864. The number of benzene rings is 2. The molecular formula is C32H23N7O. The number of aromatic amines is 2. The maximum atomic E-state index is 12.6. The summed E-state index contributed by atoms with van der Waals surface area (Å²) in [6.45, 7) is 0. The highest BCUT2D eigenvalue weighted by Gasteiger charge is 2.15. The van der Waals surface area contributed by atoms with Crippen LogP contribution in [-0.2, 0) is 11.2 Å². The standard InChI is InChI=1S/C32H23N7O/c40-31(11-20-5-2-1-3-6-20)36-24-12-23(16-34-17-24)21-8-9-28-26(13-21)32(39-38-28)29-14-25-27(18-35-19-30(25)37-29)22-7-4-10-33-15-22/h1-10,12-19,37H,11H2,(H,36,40)(H,38,39). The predicted molar refractivity (Wildman–Crippen MR) is 156 cm³/mol. The van der Waals surface area contributed by atoms with Gasteiger partial charge in [-0.3, -0.25) is 24.8 Å². The fourth-order valence-electron chi connectivity index (χ4n) is 4.98. The molecule has 2 aromatic carbocycles. The normalized spacial score (nSPS) is 11.2. The summed E-state index contributed by atoms with van der Waals surface area (Å²) in [6, 6.07) is 23.8. The minimum atomic E-state index is -0.0864. The lowest BCUT2D eigenvalue weighted by Crippen LogP contribution is -2.14. The molecule has 0 spiro atoms. The van der Waals surface area contributed by atoms with Crippen molar-refractivity contribution in [3.8, 4) is 33.6 Å². The number of anilines is 1. The molecule has 7 rings (SSSR count). The van der Waals surface area contributed by atoms with Gasteiger partial charge in [0.1, 0.15) is 5.69 Å². The second kappa shape index (κ2) is 9.92. The Morgan fingerprint density at radius 2 is 1.60 bits per heavy atom. The quantitative estimate of drug-likeness (QED) is 0.234. The van der Waals surface area contributed by atoms with E-state index in [2.05, 4.69) is 47.6 Å². The highest BCUT2D eigenvalue weighted by atomic mass is 16.1. The number of carbonyl (C=O) groups is 1. The minimum Gasteiger partial charge on any atom is -0.352 e. The smallest absolute Gasteiger partial charge is 0.228 e. The summed E-state index contributed by atoms with van der Waals surface area (Å²) in [6.07, 6.45) is 11.0. The van der Waals surface area contributed by atoms with Gasteiger partial charge in [-0.05, 0) is 41.5 Å². The highest BCUT2D eigenvalue weighted by molar-refractivity contribution is 6.01. The van der Waals surface area contributed by atoms with Crippen molar-refractivity contribution in [2.45, 2.75) is 6.42 Å². The van der Waals surface area contributed by atoms with E-state index in [1.807, 2.05) is 79.3 Å². The highest BCUT2D eigenvalue weighted by Crippen LogP contribution is 2.34. The number of nitrogens with one attached hydrogen (secondary N) is 3. The van der Waals surface area contributed by atoms with Gasteiger partial charge in [0.15, 0.2) is 0 Å². The zero-order chi connectivity index (χ0) is 26.9. The van der Waals surface area contributed by atoms with Crippen molar-refractivity contribution in [1.29, 1.82) is 0 Å². The maximum absolute atomic E-state index is 12.6. The molecule has 1 amide bonds. The Labute approximate surface area is 229 Å². The molecule has 5 aromatic heterocycles. The van der Waals surface area contributed by atoms with Gasteiger partial charge in [0.25, 0.3) is 0 Å². The number of nitrogens with zero attached hydrogens (tertiary/aromatic N) is 4. The Morgan fingerprint density at radius 3 is 2.48 bits per heavy atom. The first-order valence-corrected chi connectivity index (χ1v) is 12.9. The van der Waals surface area contributed by atoms with Gasteiger partial charge < -0.3 is 10.3 Å². The molecule has 0 bridgehead atoms. The third kappa shape index (κ3) is 4.48. The fourth-order valence-corrected chi connectivity index (χ4v) is 4.98. The largest absolute Gasteiger partial charge is 0.352 e. The summed E-state index contributed by atoms with van der Waals surface area (Å²) in [5.74, 6) is -0.0864. The average Bonchev–Trinajstić information content (AvgIpc) is 3.62. The summed E-state index contributed by atoms with van der Waals surface area (Å²) in [5, 5.41) is 12.8. The van der Waals surface area contributed by atoms with E-state index in [9.17, 15) is 4.79 Å². The molecule has 8 heteroatoms. The van der Waals surface area contributed by atoms with Crippen LogP contribution < -0.4 is 5.32 Å². The van der Waals surface area contributed by atoms with Gasteiger partial charge in [0, 0.05) is 52.3 Å². The Kier molecular flexibility index (Phi) is 5.82. The van der Waals surface area contributed by atoms with Crippen LogP contribution in [0.25, 0.3) is 55.4 Å². The van der Waals surface area contributed by atoms with E-state index in [0.29, 0.717) is 12.1 Å². The van der Waals surface area contributed by atoms with Crippen LogP contribution in [0.2, 0.25) is 0 Å². The molecule has 0 saturated heterocycles. The Balaban J connectivity index is 1.21. The Bertz CT molecular complexity index is 1980. The van der Waals surface area contributed by atoms with Crippen LogP contribution in [0.3, 0.4) is 0 Å². The molecule has 0 saturated carbocycles. The molecule has 0 radical (unpaired) electrons. The fraction of sp³-hybridized carbons (Fsp3) is 0.0312. The number of hydrogen-bond donors (Lipinski definition) is 3. The third-order valence-corrected chi connectivity index (χ3v) is 6.90. The zero-order valence-electron chi connectivity index (χ0n) is 21.3. The zero-order valence-corrected chi connectivity index (χ0v) is 21.3. The summed E-state index contributed by atoms with van der Waals surface area (Å²) in [4.78, 5) is 29.2. The van der Waals surface area contributed by atoms with Crippen LogP contribution in [0, 0.1) is 0 Å². The van der Waals surface area contributed by atoms with Gasteiger partial charge >= 0.3 is 0 Å². The number of carbonyl (C=O) groups excluding carboxylic acids is 1. The first-order valence-electron chi connectivity index (χ1n) is 12.9. The van der Waals surface area contributed by atoms with Crippen molar-refractivity contribution < 1.29 is 4.79 Å². The topological polar surface area (TPSA) is 112 Å². The first kappa shape index (κ1) is 23.5. The van der Waals surface area contributed by atoms with E-state index >= 15 is 0 Å². The maximum Gasteiger partial charge on any atom is 0.228 e. The average molecular weight is 522 g/mol. The molecule has 0 atom stereocenters. The van der Waals surface area contributed by atoms with Gasteiger partial charge in [0.05, 0.1) is 41.2 Å². The van der Waals surface area contributed by atoms with E-state index in [0.717, 1.165) is 61.0 Å². The molecule has 8 nitrogen and oxygen atoms in total. The van der Waals surface area contributed by atoms with Gasteiger partial charge in [-0.15, -0.1) is 0 Å². The van der Waals surface area contributed by atoms with Gasteiger partial charge in [-0.25, -0.2) is 0 Å². The SMILES string of the molecule is O=C(Cc1ccccc1)Nc1cncc(-c2ccc3[nH]nc(-c4cc5c(-c6cccnc6)cncc5[nH]4)c3c2)c1. The molecule has 5 heterocycles. The van der Waals surface area contributed by atoms with Gasteiger partial charge in [0.2, 0.25) is 5.91 Å². The van der Waals surface area contributed by atoms with Crippen molar-refractivity contribution in [2.24, 2.45) is 0 Å². The number of rotatable bonds is 6. The van der Waals surface area contributed by atoms with E-state index in [1.165, 1.54) is 0 Å². The second-order valence-corrected chi connectivity index (χ2v) is 9.58. The number of amides is 1. The molecule has 7 aromatic rings. The van der Waals surface area contributed by atoms with Gasteiger partial charge in [-0.2, -0.15) is 5.10 Å². The molecule has 0 unspecified atom stereocenters. The molecule has 192 valence electrons. The van der Waals surface area contributed by atoms with Gasteiger partial charge in [-0.1, -0.05) is 42.5 Å². The van der Waals surface area contributed by atoms with E-state index in [-0.39, 0.29) is 5.91 Å². The van der Waals surface area contributed by atoms with Crippen molar-refractivity contribution in [1.82, 2.24) is 30.1 Å². The summed E-state index contributed by atoms with van der Waals surface area (Å²) >= 11 is 0. The molecule has 3 N–H and O–H groups in total. The van der Waals surface area contributed by atoms with E-state index in [1.54, 1.807) is 18.6 Å². The van der Waals surface area contributed by atoms with Crippen molar-refractivity contribution in [2.75, 3.05) is 5.32 Å². The van der Waals surface area contributed by atoms with E-state index in [4.69, 9.17) is 0 Å². The molecule has 0 aliphatic carbocycles. The predicted octanol–water partition coefficient (Wildman–Crippen LogP) is 6.41. The van der Waals surface area contributed by atoms with Crippen LogP contribution >= 0.6 is 0 Å². The van der Waals surface area contributed by atoms with Crippen LogP contribution in [0.15, 0.2) is 110 Å². The monoisotopic (exact) mass is 521 g/mol. The Hall–Kier alpha value is -5.63. The number of aromatic nitrogens is 6. The summed E-state index contributed by atoms with van der Waals surface area (Å²) in [7, 11) is 0. The lowest BCUT2D eigenvalue weighted by atomic mass is 10.0. The molecular weight excluding hydrogens is 498 g/mol. The molecule has 0 aliphatic heterocycles. The van der Waals surface area contributed by atoms with Crippen molar-refractivity contribution >= 4 is 33.4 Å². The van der Waals surface area contributed by atoms with Crippen molar-refractivity contribution in [3.05, 3.63) is 116 Å². The number of pyridine rings is 3. The second-order valence-electron chi connectivity index (χ2n) is 9.58. The van der Waals surface area contributed by atoms with E-state index < -0.39 is 0 Å². The molecule has 40 heavy (non-hydrogen) atoms. The lowest BCUT2D eigenvalue weighted by molar-refractivity contribution is -0.115. The van der Waals surface area contributed by atoms with Crippen LogP contribution in [0.5, 0.6) is 0 Å². The van der Waals surface area contributed by atoms with Crippen LogP contribution in [0.4, 0.5) is 5.69 Å². The lowest BCUT2D eigenvalue weighted by Gasteiger charge is -2.08. The summed E-state index contributed by atoms with van der Waals surface area (Å²) < 4.78 is 0. The number of fused-ring (bicyclic) bond motifs is 2. The van der Waals surface area contributed by atoms with Crippen molar-refractivity contribution in [3.63, 3.8) is 0 Å². The molecule has 0 fully saturated rings. The number of hydrogen-bond acceptors (Lipinski definition) is 5. The van der Waals surface area contributed by atoms with Crippen LogP contribution in [-0.4, -0.2) is 36.0 Å². The summed E-state index contributed by atoms with van der Waals surface area (Å²) in [5.41, 5.74) is 9.02. The third-order valence-electron chi connectivity index (χ3n) is 6.90. The number of H-pyrrole nitrogens is 2. The molecule has 0 aliphatic rings. The first-order chi connectivity index (χ1) is 19.7. The Morgan fingerprint density at radius 1 is 0.725 bits per heavy atom. The van der Waals surface area contributed by atoms with Crippen LogP contribution in [0.1, 0.15) is 5.56 Å².